The van der Waals surface area contributed by atoms with Crippen molar-refractivity contribution in [3.63, 3.8) is 0 Å². The average molecular weight is 703 g/mol. The summed E-state index contributed by atoms with van der Waals surface area (Å²) < 4.78 is 0. The molecule has 0 nitrogen and oxygen atoms in total. The average Bonchev–Trinajstić information content (AvgIpc) is 3.42. The van der Waals surface area contributed by atoms with Crippen molar-refractivity contribution >= 4 is 28.4 Å². The number of hydrogen-bond donors (Lipinski definition) is 0. The van der Waals surface area contributed by atoms with Crippen molar-refractivity contribution in [1.29, 1.82) is 0 Å². The van der Waals surface area contributed by atoms with Gasteiger partial charge in [0, 0.05) is 0 Å². The molecule has 2 radical (unpaired) electrons. The maximum atomic E-state index is 3.60. The molecule has 0 unspecified atom stereocenters. The fourth-order valence-electron chi connectivity index (χ4n) is 4.70. The molecule has 0 heterocycles. The van der Waals surface area contributed by atoms with E-state index in [0.29, 0.717) is 11.8 Å². The molecule has 0 aliphatic heterocycles. The van der Waals surface area contributed by atoms with Crippen molar-refractivity contribution in [3.8, 4) is 0 Å². The van der Waals surface area contributed by atoms with Crippen LogP contribution >= 0.6 is 0 Å². The second-order valence-electron chi connectivity index (χ2n) is 11.4. The molecule has 0 aromatic heterocycles. The molecule has 0 saturated carbocycles. The van der Waals surface area contributed by atoms with Crippen LogP contribution in [0, 0.1) is 55.4 Å². The Kier molecular flexibility index (Phi) is 25.8. The summed E-state index contributed by atoms with van der Waals surface area (Å²) in [4.78, 5) is 0. The summed E-state index contributed by atoms with van der Waals surface area (Å²) in [5.41, 5.74) is 11.5. The number of rotatable bonds is 4. The Hall–Kier alpha value is -0.660. The third kappa shape index (κ3) is 12.8. The van der Waals surface area contributed by atoms with Crippen molar-refractivity contribution in [2.45, 2.75) is 121 Å². The molecule has 0 amide bonds. The molecule has 234 valence electrons. The van der Waals surface area contributed by atoms with E-state index in [-0.39, 0.29) is 24.8 Å². The van der Waals surface area contributed by atoms with Gasteiger partial charge in [-0.1, -0.05) is 119 Å². The van der Waals surface area contributed by atoms with Crippen LogP contribution in [0.2, 0.25) is 0 Å². The fourth-order valence-corrected chi connectivity index (χ4v) is 4.70. The third-order valence-electron chi connectivity index (χ3n) is 7.60. The van der Waals surface area contributed by atoms with Gasteiger partial charge in [-0.25, -0.2) is 0 Å². The van der Waals surface area contributed by atoms with Gasteiger partial charge in [-0.2, -0.15) is 24.0 Å². The quantitative estimate of drug-likeness (QED) is 0.179. The molecule has 0 spiro atoms. The standard InChI is InChI=1S/2C15H19.2C4H9.2ClH.Si.Zr/c2*1-9(2)13-7-6-10(3)14-8-11(4)12(5)15(13)14;2*1-3-4-2;;;;/h2*6-9H,1-5H3;2*1,3-4H2,2H3;2*1H;;/q4*-1;;;;+2/p-2. The molecule has 0 N–H and O–H groups in total. The van der Waals surface area contributed by atoms with Crippen LogP contribution in [0.3, 0.4) is 0 Å². The number of unbranched alkanes of at least 4 members (excludes halogenated alkanes) is 2. The van der Waals surface area contributed by atoms with E-state index in [1.807, 2.05) is 0 Å². The SMILES string of the molecule is Cc1[cH-]c2c(C)ccc(C(C)C)c2c1C.Cc1[cH-]c2c(C)ccc(C(C)C)c2c1C.[CH2-]CCC.[CH2-]CCC.[Cl-].[Cl-].[Si]=[Zr+2]. The Labute approximate surface area is 290 Å². The maximum absolute atomic E-state index is 3.60. The first-order chi connectivity index (χ1) is 18.9. The number of aryl methyl sites for hydroxylation is 6. The van der Waals surface area contributed by atoms with Crippen LogP contribution in [0.4, 0.5) is 0 Å². The van der Waals surface area contributed by atoms with Gasteiger partial charge in [-0.05, 0) is 11.8 Å². The Balaban J connectivity index is -0.000000534. The Morgan fingerprint density at radius 1 is 0.619 bits per heavy atom. The zero-order valence-corrected chi connectivity index (χ0v) is 33.6. The zero-order valence-electron chi connectivity index (χ0n) is 28.6. The third-order valence-corrected chi connectivity index (χ3v) is 7.60. The van der Waals surface area contributed by atoms with E-state index < -0.39 is 0 Å². The van der Waals surface area contributed by atoms with Gasteiger partial charge in [0.15, 0.2) is 0 Å². The summed E-state index contributed by atoms with van der Waals surface area (Å²) in [7, 11) is 0. The molecule has 0 bridgehead atoms. The summed E-state index contributed by atoms with van der Waals surface area (Å²) in [6.45, 7) is 36.9. The van der Waals surface area contributed by atoms with Crippen LogP contribution < -0.4 is 24.8 Å². The van der Waals surface area contributed by atoms with Crippen molar-refractivity contribution in [3.05, 3.63) is 94.8 Å². The van der Waals surface area contributed by atoms with Crippen molar-refractivity contribution < 1.29 is 48.1 Å². The zero-order chi connectivity index (χ0) is 31.2. The Morgan fingerprint density at radius 2 is 0.881 bits per heavy atom. The predicted molar refractivity (Wildman–Crippen MR) is 182 cm³/mol. The molecule has 4 heteroatoms. The van der Waals surface area contributed by atoms with E-state index in [1.165, 1.54) is 102 Å². The number of halogens is 2. The van der Waals surface area contributed by atoms with Crippen LogP contribution in [-0.2, 0) is 23.3 Å². The summed E-state index contributed by atoms with van der Waals surface area (Å²) in [5.74, 6) is 1.21. The van der Waals surface area contributed by atoms with Crippen molar-refractivity contribution in [2.75, 3.05) is 0 Å². The number of fused-ring (bicyclic) bond motifs is 2. The topological polar surface area (TPSA) is 0 Å². The number of benzene rings is 2. The summed E-state index contributed by atoms with van der Waals surface area (Å²) in [6, 6.07) is 13.7. The van der Waals surface area contributed by atoms with E-state index in [0.717, 1.165) is 12.8 Å². The van der Waals surface area contributed by atoms with Crippen LogP contribution in [0.15, 0.2) is 36.4 Å². The van der Waals surface area contributed by atoms with E-state index in [2.05, 4.69) is 140 Å². The first kappa shape index (κ1) is 45.8. The van der Waals surface area contributed by atoms with Gasteiger partial charge in [0.2, 0.25) is 0 Å². The van der Waals surface area contributed by atoms with Gasteiger partial charge in [0.05, 0.1) is 0 Å². The van der Waals surface area contributed by atoms with Gasteiger partial charge in [-0.3, -0.25) is 0 Å². The molecule has 0 atom stereocenters. The van der Waals surface area contributed by atoms with E-state index in [4.69, 9.17) is 0 Å². The van der Waals surface area contributed by atoms with Gasteiger partial charge in [-0.15, -0.1) is 68.1 Å². The van der Waals surface area contributed by atoms with Crippen molar-refractivity contribution in [2.24, 2.45) is 0 Å². The normalized spacial score (nSPS) is 9.86. The molecular weight excluding hydrogens is 647 g/mol. The molecule has 4 aromatic rings. The van der Waals surface area contributed by atoms with Crippen molar-refractivity contribution in [1.82, 2.24) is 0 Å². The minimum absolute atomic E-state index is 0. The van der Waals surface area contributed by atoms with Gasteiger partial charge in [0.25, 0.3) is 0 Å². The minimum atomic E-state index is 0. The van der Waals surface area contributed by atoms with Crippen LogP contribution in [0.1, 0.15) is 124 Å². The summed E-state index contributed by atoms with van der Waals surface area (Å²) in [5, 5.41) is 5.86. The predicted octanol–water partition coefficient (Wildman–Crippen LogP) is 6.08. The Morgan fingerprint density at radius 3 is 1.10 bits per heavy atom. The molecule has 0 fully saturated rings. The van der Waals surface area contributed by atoms with Crippen LogP contribution in [0.5, 0.6) is 0 Å². The van der Waals surface area contributed by atoms with Gasteiger partial charge >= 0.3 is 30.2 Å². The molecule has 4 rings (SSSR count). The molecule has 0 saturated heterocycles. The van der Waals surface area contributed by atoms with Gasteiger partial charge < -0.3 is 38.7 Å². The van der Waals surface area contributed by atoms with E-state index in [1.54, 1.807) is 0 Å². The monoisotopic (exact) mass is 700 g/mol. The second kappa shape index (κ2) is 23.7. The molecule has 4 aromatic carbocycles. The second-order valence-corrected chi connectivity index (χ2v) is 11.4. The van der Waals surface area contributed by atoms with Crippen LogP contribution in [0.25, 0.3) is 21.5 Å². The molecule has 42 heavy (non-hydrogen) atoms. The summed E-state index contributed by atoms with van der Waals surface area (Å²) >= 11 is 1.36. The molecule has 0 aliphatic rings. The first-order valence-corrected chi connectivity index (χ1v) is 19.2. The fraction of sp³-hybridized carbons (Fsp3) is 0.474. The van der Waals surface area contributed by atoms with Gasteiger partial charge in [0.1, 0.15) is 0 Å². The number of hydrogen-bond acceptors (Lipinski definition) is 0. The molecular formula is C38H56Cl2SiZr-4. The Bertz CT molecular complexity index is 1190. The van der Waals surface area contributed by atoms with E-state index in [9.17, 15) is 0 Å². The molecule has 0 aliphatic carbocycles. The first-order valence-electron chi connectivity index (χ1n) is 15.0. The van der Waals surface area contributed by atoms with E-state index >= 15 is 0 Å². The summed E-state index contributed by atoms with van der Waals surface area (Å²) in [6.07, 6.45) is 4.56. The van der Waals surface area contributed by atoms with Crippen LogP contribution in [-0.4, -0.2) is 6.88 Å².